The first-order chi connectivity index (χ1) is 9.61. The summed E-state index contributed by atoms with van der Waals surface area (Å²) in [5.41, 5.74) is 0.885. The van der Waals surface area contributed by atoms with Crippen LogP contribution in [0.2, 0.25) is 5.02 Å². The van der Waals surface area contributed by atoms with Crippen LogP contribution in [-0.2, 0) is 0 Å². The average molecular weight is 294 g/mol. The van der Waals surface area contributed by atoms with Crippen LogP contribution in [0.1, 0.15) is 25.5 Å². The van der Waals surface area contributed by atoms with Crippen molar-refractivity contribution in [3.63, 3.8) is 0 Å². The summed E-state index contributed by atoms with van der Waals surface area (Å²) in [4.78, 5) is 0. The van der Waals surface area contributed by atoms with Gasteiger partial charge in [-0.05, 0) is 43.3 Å². The predicted octanol–water partition coefficient (Wildman–Crippen LogP) is 4.94. The lowest BCUT2D eigenvalue weighted by atomic mass is 10.1. The molecule has 0 saturated carbocycles. The fraction of sp³-hybridized carbons (Fsp3) is 0.250. The van der Waals surface area contributed by atoms with Crippen LogP contribution < -0.4 is 10.1 Å². The van der Waals surface area contributed by atoms with Gasteiger partial charge in [0, 0.05) is 6.04 Å². The molecule has 0 radical (unpaired) electrons. The van der Waals surface area contributed by atoms with Crippen LogP contribution in [0.3, 0.4) is 0 Å². The molecule has 2 rings (SSSR count). The Morgan fingerprint density at radius 1 is 1.20 bits per heavy atom. The van der Waals surface area contributed by atoms with Crippen molar-refractivity contribution in [2.45, 2.75) is 19.9 Å². The molecule has 0 saturated heterocycles. The Bertz CT molecular complexity index is 588. The largest absolute Gasteiger partial charge is 0.453 e. The highest BCUT2D eigenvalue weighted by molar-refractivity contribution is 6.32. The van der Waals surface area contributed by atoms with E-state index in [1.54, 1.807) is 30.3 Å². The first kappa shape index (κ1) is 14.8. The number of nitrogens with one attached hydrogen (secondary N) is 1. The second-order valence-electron chi connectivity index (χ2n) is 4.50. The molecule has 20 heavy (non-hydrogen) atoms. The summed E-state index contributed by atoms with van der Waals surface area (Å²) in [6.07, 6.45) is 0. The zero-order chi connectivity index (χ0) is 14.5. The molecule has 0 fully saturated rings. The Labute approximate surface area is 123 Å². The topological polar surface area (TPSA) is 21.3 Å². The molecule has 1 unspecified atom stereocenters. The number of hydrogen-bond acceptors (Lipinski definition) is 2. The van der Waals surface area contributed by atoms with Crippen molar-refractivity contribution in [2.24, 2.45) is 0 Å². The minimum atomic E-state index is -0.396. The van der Waals surface area contributed by atoms with Gasteiger partial charge >= 0.3 is 0 Å². The molecule has 0 bridgehead atoms. The van der Waals surface area contributed by atoms with E-state index in [4.69, 9.17) is 16.3 Å². The van der Waals surface area contributed by atoms with Gasteiger partial charge in [0.15, 0.2) is 11.6 Å². The van der Waals surface area contributed by atoms with E-state index in [-0.39, 0.29) is 11.8 Å². The van der Waals surface area contributed by atoms with Crippen LogP contribution in [0.4, 0.5) is 4.39 Å². The molecule has 0 aromatic heterocycles. The molecule has 0 amide bonds. The maximum absolute atomic E-state index is 14.1. The molecule has 1 N–H and O–H groups in total. The monoisotopic (exact) mass is 293 g/mol. The highest BCUT2D eigenvalue weighted by atomic mass is 35.5. The molecule has 0 heterocycles. The Hall–Kier alpha value is -1.58. The van der Waals surface area contributed by atoms with Crippen LogP contribution in [0.15, 0.2) is 42.5 Å². The van der Waals surface area contributed by atoms with Crippen molar-refractivity contribution in [1.29, 1.82) is 0 Å². The standard InChI is InChI=1S/C16H17ClFNO/c1-3-19-11(2)12-8-9-16(14(18)10-12)20-15-7-5-4-6-13(15)17/h4-11,19H,3H2,1-2H3. The maximum atomic E-state index is 14.1. The van der Waals surface area contributed by atoms with E-state index in [0.29, 0.717) is 10.8 Å². The SMILES string of the molecule is CCNC(C)c1ccc(Oc2ccccc2Cl)c(F)c1. The fourth-order valence-corrected chi connectivity index (χ4v) is 2.11. The number of benzene rings is 2. The summed E-state index contributed by atoms with van der Waals surface area (Å²) < 4.78 is 19.6. The summed E-state index contributed by atoms with van der Waals surface area (Å²) in [7, 11) is 0. The van der Waals surface area contributed by atoms with Crippen molar-refractivity contribution >= 4 is 11.6 Å². The van der Waals surface area contributed by atoms with E-state index in [0.717, 1.165) is 12.1 Å². The molecule has 2 aromatic carbocycles. The molecule has 2 nitrogen and oxygen atoms in total. The van der Waals surface area contributed by atoms with E-state index < -0.39 is 5.82 Å². The highest BCUT2D eigenvalue weighted by Gasteiger charge is 2.11. The highest BCUT2D eigenvalue weighted by Crippen LogP contribution is 2.31. The molecule has 0 aliphatic carbocycles. The molecule has 0 aliphatic heterocycles. The smallest absolute Gasteiger partial charge is 0.166 e. The molecule has 2 aromatic rings. The minimum absolute atomic E-state index is 0.101. The van der Waals surface area contributed by atoms with Crippen LogP contribution in [0.5, 0.6) is 11.5 Å². The van der Waals surface area contributed by atoms with Crippen LogP contribution >= 0.6 is 11.6 Å². The zero-order valence-electron chi connectivity index (χ0n) is 11.5. The van der Waals surface area contributed by atoms with Crippen LogP contribution in [0, 0.1) is 5.82 Å². The quantitative estimate of drug-likeness (QED) is 0.843. The van der Waals surface area contributed by atoms with E-state index in [2.05, 4.69) is 5.32 Å². The Morgan fingerprint density at radius 2 is 1.95 bits per heavy atom. The van der Waals surface area contributed by atoms with Gasteiger partial charge in [0.2, 0.25) is 0 Å². The van der Waals surface area contributed by atoms with Crippen molar-refractivity contribution in [3.8, 4) is 11.5 Å². The van der Waals surface area contributed by atoms with Gasteiger partial charge in [-0.1, -0.05) is 36.7 Å². The summed E-state index contributed by atoms with van der Waals surface area (Å²) in [6.45, 7) is 4.84. The summed E-state index contributed by atoms with van der Waals surface area (Å²) in [5.74, 6) is 0.221. The number of halogens is 2. The second kappa shape index (κ2) is 6.73. The summed E-state index contributed by atoms with van der Waals surface area (Å²) in [6, 6.07) is 12.1. The second-order valence-corrected chi connectivity index (χ2v) is 4.91. The molecular formula is C16H17ClFNO. The van der Waals surface area contributed by atoms with Crippen molar-refractivity contribution < 1.29 is 9.13 Å². The predicted molar refractivity (Wildman–Crippen MR) is 80.0 cm³/mol. The zero-order valence-corrected chi connectivity index (χ0v) is 12.2. The summed E-state index contributed by atoms with van der Waals surface area (Å²) >= 11 is 5.99. The first-order valence-corrected chi connectivity index (χ1v) is 6.94. The van der Waals surface area contributed by atoms with Crippen LogP contribution in [0.25, 0.3) is 0 Å². The van der Waals surface area contributed by atoms with Crippen molar-refractivity contribution in [3.05, 3.63) is 58.9 Å². The Balaban J connectivity index is 2.20. The van der Waals surface area contributed by atoms with Crippen LogP contribution in [-0.4, -0.2) is 6.54 Å². The molecule has 0 spiro atoms. The van der Waals surface area contributed by atoms with Crippen molar-refractivity contribution in [2.75, 3.05) is 6.54 Å². The van der Waals surface area contributed by atoms with Gasteiger partial charge in [-0.15, -0.1) is 0 Å². The van der Waals surface area contributed by atoms with Gasteiger partial charge in [0.25, 0.3) is 0 Å². The number of hydrogen-bond donors (Lipinski definition) is 1. The number of para-hydroxylation sites is 1. The maximum Gasteiger partial charge on any atom is 0.166 e. The van der Waals surface area contributed by atoms with E-state index in [1.807, 2.05) is 19.9 Å². The molecule has 0 aliphatic rings. The normalized spacial score (nSPS) is 12.2. The lowest BCUT2D eigenvalue weighted by Crippen LogP contribution is -2.17. The van der Waals surface area contributed by atoms with Gasteiger partial charge < -0.3 is 10.1 Å². The average Bonchev–Trinajstić information content (AvgIpc) is 2.43. The van der Waals surface area contributed by atoms with Gasteiger partial charge in [-0.3, -0.25) is 0 Å². The first-order valence-electron chi connectivity index (χ1n) is 6.57. The van der Waals surface area contributed by atoms with Gasteiger partial charge in [0.05, 0.1) is 5.02 Å². The Kier molecular flexibility index (Phi) is 4.99. The molecule has 1 atom stereocenters. The third-order valence-corrected chi connectivity index (χ3v) is 3.34. The van der Waals surface area contributed by atoms with E-state index in [1.165, 1.54) is 6.07 Å². The van der Waals surface area contributed by atoms with Gasteiger partial charge in [-0.2, -0.15) is 0 Å². The lowest BCUT2D eigenvalue weighted by molar-refractivity contribution is 0.440. The van der Waals surface area contributed by atoms with E-state index >= 15 is 0 Å². The summed E-state index contributed by atoms with van der Waals surface area (Å²) in [5, 5.41) is 3.69. The van der Waals surface area contributed by atoms with Gasteiger partial charge in [0.1, 0.15) is 5.75 Å². The van der Waals surface area contributed by atoms with Gasteiger partial charge in [-0.25, -0.2) is 4.39 Å². The fourth-order valence-electron chi connectivity index (χ4n) is 1.94. The number of rotatable bonds is 5. The lowest BCUT2D eigenvalue weighted by Gasteiger charge is -2.14. The molecule has 4 heteroatoms. The third-order valence-electron chi connectivity index (χ3n) is 3.02. The van der Waals surface area contributed by atoms with E-state index in [9.17, 15) is 4.39 Å². The molecule has 106 valence electrons. The third kappa shape index (κ3) is 3.50. The van der Waals surface area contributed by atoms with Crippen molar-refractivity contribution in [1.82, 2.24) is 5.32 Å². The minimum Gasteiger partial charge on any atom is -0.453 e. The Morgan fingerprint density at radius 3 is 2.60 bits per heavy atom. The number of ether oxygens (including phenoxy) is 1. The molecular weight excluding hydrogens is 277 g/mol.